The van der Waals surface area contributed by atoms with Gasteiger partial charge in [0.15, 0.2) is 0 Å². The molecule has 0 saturated carbocycles. The normalized spacial score (nSPS) is 19.4. The summed E-state index contributed by atoms with van der Waals surface area (Å²) in [6.07, 6.45) is 3.37. The number of ketones is 1. The number of nitrogens with zero attached hydrogens (tertiary/aromatic N) is 1. The Morgan fingerprint density at radius 3 is 2.65 bits per heavy atom. The molecule has 1 saturated heterocycles. The molecular formula is C12H19NO4. The smallest absolute Gasteiger partial charge is 0.303 e. The number of hydrogen-bond donors (Lipinski definition) is 1. The van der Waals surface area contributed by atoms with Crippen LogP contribution in [-0.2, 0) is 14.4 Å². The largest absolute Gasteiger partial charge is 0.481 e. The first-order valence-electron chi connectivity index (χ1n) is 6.11. The first-order valence-corrected chi connectivity index (χ1v) is 6.11. The van der Waals surface area contributed by atoms with E-state index in [9.17, 15) is 14.4 Å². The molecule has 1 aliphatic rings. The lowest BCUT2D eigenvalue weighted by atomic mass is 10.1. The van der Waals surface area contributed by atoms with Gasteiger partial charge in [-0.2, -0.15) is 0 Å². The fourth-order valence-electron chi connectivity index (χ4n) is 2.20. The number of carboxylic acids is 1. The quantitative estimate of drug-likeness (QED) is 0.709. The van der Waals surface area contributed by atoms with E-state index in [0.29, 0.717) is 19.4 Å². The third-order valence-corrected chi connectivity index (χ3v) is 3.13. The molecule has 0 aliphatic carbocycles. The molecule has 5 nitrogen and oxygen atoms in total. The fourth-order valence-corrected chi connectivity index (χ4v) is 2.20. The van der Waals surface area contributed by atoms with Crippen LogP contribution in [0.15, 0.2) is 0 Å². The summed E-state index contributed by atoms with van der Waals surface area (Å²) in [5, 5.41) is 8.55. The SMILES string of the molecule is CCC(=O)C(=O)N1CCC[C@@H]1CCCC(=O)O. The number of likely N-dealkylation sites (tertiary alicyclic amines) is 1. The summed E-state index contributed by atoms with van der Waals surface area (Å²) in [5.41, 5.74) is 0. The number of amides is 1. The van der Waals surface area contributed by atoms with Gasteiger partial charge in [-0.25, -0.2) is 0 Å². The van der Waals surface area contributed by atoms with Crippen LogP contribution in [0.5, 0.6) is 0 Å². The van der Waals surface area contributed by atoms with Crippen LogP contribution in [0, 0.1) is 0 Å². The highest BCUT2D eigenvalue weighted by atomic mass is 16.4. The van der Waals surface area contributed by atoms with Crippen LogP contribution in [0.3, 0.4) is 0 Å². The molecule has 1 N–H and O–H groups in total. The molecule has 17 heavy (non-hydrogen) atoms. The zero-order valence-corrected chi connectivity index (χ0v) is 10.1. The van der Waals surface area contributed by atoms with E-state index in [4.69, 9.17) is 5.11 Å². The van der Waals surface area contributed by atoms with Crippen molar-refractivity contribution in [3.63, 3.8) is 0 Å². The van der Waals surface area contributed by atoms with Gasteiger partial charge in [0.25, 0.3) is 5.91 Å². The first kappa shape index (κ1) is 13.7. The van der Waals surface area contributed by atoms with Gasteiger partial charge < -0.3 is 10.0 Å². The number of carbonyl (C=O) groups excluding carboxylic acids is 2. The molecule has 0 aromatic rings. The molecule has 0 spiro atoms. The van der Waals surface area contributed by atoms with E-state index < -0.39 is 11.9 Å². The second kappa shape index (κ2) is 6.37. The second-order valence-electron chi connectivity index (χ2n) is 4.36. The van der Waals surface area contributed by atoms with E-state index >= 15 is 0 Å². The van der Waals surface area contributed by atoms with Crippen molar-refractivity contribution in [3.8, 4) is 0 Å². The maximum atomic E-state index is 11.7. The molecule has 1 heterocycles. The molecule has 1 aliphatic heterocycles. The highest BCUT2D eigenvalue weighted by Gasteiger charge is 2.31. The van der Waals surface area contributed by atoms with Crippen molar-refractivity contribution in [1.29, 1.82) is 0 Å². The molecule has 96 valence electrons. The highest BCUT2D eigenvalue weighted by Crippen LogP contribution is 2.22. The number of hydrogen-bond acceptors (Lipinski definition) is 3. The monoisotopic (exact) mass is 241 g/mol. The Bertz CT molecular complexity index is 314. The Morgan fingerprint density at radius 1 is 1.35 bits per heavy atom. The third kappa shape index (κ3) is 3.84. The van der Waals surface area contributed by atoms with Crippen LogP contribution >= 0.6 is 0 Å². The lowest BCUT2D eigenvalue weighted by Gasteiger charge is -2.23. The molecule has 0 radical (unpaired) electrons. The molecule has 1 atom stereocenters. The Balaban J connectivity index is 2.46. The van der Waals surface area contributed by atoms with Crippen molar-refractivity contribution in [1.82, 2.24) is 4.90 Å². The number of carboxylic acid groups (broad SMARTS) is 1. The summed E-state index contributed by atoms with van der Waals surface area (Å²) in [6.45, 7) is 2.30. The maximum absolute atomic E-state index is 11.7. The summed E-state index contributed by atoms with van der Waals surface area (Å²) in [6, 6.07) is 0.0531. The van der Waals surface area contributed by atoms with Gasteiger partial charge in [-0.3, -0.25) is 14.4 Å². The minimum Gasteiger partial charge on any atom is -0.481 e. The van der Waals surface area contributed by atoms with Crippen molar-refractivity contribution in [3.05, 3.63) is 0 Å². The van der Waals surface area contributed by atoms with Gasteiger partial charge in [0.05, 0.1) is 0 Å². The van der Waals surface area contributed by atoms with E-state index in [1.165, 1.54) is 0 Å². The Labute approximate surface area is 101 Å². The minimum absolute atomic E-state index is 0.0531. The van der Waals surface area contributed by atoms with E-state index in [0.717, 1.165) is 12.8 Å². The highest BCUT2D eigenvalue weighted by molar-refractivity contribution is 6.36. The fraction of sp³-hybridized carbons (Fsp3) is 0.750. The number of aliphatic carboxylic acids is 1. The van der Waals surface area contributed by atoms with Crippen molar-refractivity contribution < 1.29 is 19.5 Å². The lowest BCUT2D eigenvalue weighted by Crippen LogP contribution is -2.39. The predicted octanol–water partition coefficient (Wildman–Crippen LogP) is 1.21. The second-order valence-corrected chi connectivity index (χ2v) is 4.36. The van der Waals surface area contributed by atoms with Crippen molar-refractivity contribution in [2.45, 2.75) is 51.5 Å². The Morgan fingerprint density at radius 2 is 2.06 bits per heavy atom. The van der Waals surface area contributed by atoms with Gasteiger partial charge in [0.1, 0.15) is 0 Å². The summed E-state index contributed by atoms with van der Waals surface area (Å²) >= 11 is 0. The van der Waals surface area contributed by atoms with E-state index in [-0.39, 0.29) is 24.7 Å². The molecule has 5 heteroatoms. The van der Waals surface area contributed by atoms with Crippen LogP contribution in [0.1, 0.15) is 45.4 Å². The molecular weight excluding hydrogens is 222 g/mol. The molecule has 0 aromatic carbocycles. The van der Waals surface area contributed by atoms with Gasteiger partial charge in [0, 0.05) is 25.4 Å². The number of Topliss-reactive ketones (excluding diaryl/α,β-unsaturated/α-hetero) is 1. The van der Waals surface area contributed by atoms with E-state index in [1.54, 1.807) is 11.8 Å². The van der Waals surface area contributed by atoms with E-state index in [1.807, 2.05) is 0 Å². The van der Waals surface area contributed by atoms with Crippen molar-refractivity contribution in [2.75, 3.05) is 6.54 Å². The molecule has 0 bridgehead atoms. The van der Waals surface area contributed by atoms with Crippen LogP contribution in [0.2, 0.25) is 0 Å². The zero-order chi connectivity index (χ0) is 12.8. The van der Waals surface area contributed by atoms with Crippen LogP contribution in [0.25, 0.3) is 0 Å². The van der Waals surface area contributed by atoms with Gasteiger partial charge in [0.2, 0.25) is 5.78 Å². The number of rotatable bonds is 6. The molecule has 1 amide bonds. The lowest BCUT2D eigenvalue weighted by molar-refractivity contribution is -0.145. The molecule has 1 rings (SSSR count). The summed E-state index contributed by atoms with van der Waals surface area (Å²) < 4.78 is 0. The molecule has 0 aromatic heterocycles. The number of carbonyl (C=O) groups is 3. The summed E-state index contributed by atoms with van der Waals surface area (Å²) in [5.74, 6) is -1.56. The van der Waals surface area contributed by atoms with Crippen LogP contribution < -0.4 is 0 Å². The van der Waals surface area contributed by atoms with Crippen molar-refractivity contribution in [2.24, 2.45) is 0 Å². The van der Waals surface area contributed by atoms with Gasteiger partial charge >= 0.3 is 5.97 Å². The average molecular weight is 241 g/mol. The average Bonchev–Trinajstić information content (AvgIpc) is 2.74. The minimum atomic E-state index is -0.814. The Hall–Kier alpha value is -1.39. The maximum Gasteiger partial charge on any atom is 0.303 e. The molecule has 0 unspecified atom stereocenters. The zero-order valence-electron chi connectivity index (χ0n) is 10.1. The van der Waals surface area contributed by atoms with Gasteiger partial charge in [-0.15, -0.1) is 0 Å². The summed E-state index contributed by atoms with van der Waals surface area (Å²) in [4.78, 5) is 35.1. The Kier molecular flexibility index (Phi) is 5.12. The van der Waals surface area contributed by atoms with Gasteiger partial charge in [-0.1, -0.05) is 6.92 Å². The van der Waals surface area contributed by atoms with Crippen molar-refractivity contribution >= 4 is 17.7 Å². The van der Waals surface area contributed by atoms with E-state index in [2.05, 4.69) is 0 Å². The first-order chi connectivity index (χ1) is 8.06. The standard InChI is InChI=1S/C12H19NO4/c1-2-10(14)12(17)13-8-4-6-9(13)5-3-7-11(15)16/h9H,2-8H2,1H3,(H,15,16)/t9-/m0/s1. The van der Waals surface area contributed by atoms with Gasteiger partial charge in [-0.05, 0) is 25.7 Å². The summed E-state index contributed by atoms with van der Waals surface area (Å²) in [7, 11) is 0. The van der Waals surface area contributed by atoms with Crippen LogP contribution in [-0.4, -0.2) is 40.3 Å². The predicted molar refractivity (Wildman–Crippen MR) is 61.5 cm³/mol. The third-order valence-electron chi connectivity index (χ3n) is 3.13. The molecule has 1 fully saturated rings. The van der Waals surface area contributed by atoms with Crippen LogP contribution in [0.4, 0.5) is 0 Å². The topological polar surface area (TPSA) is 74.7 Å².